The lowest BCUT2D eigenvalue weighted by molar-refractivity contribution is -0.134. The first-order valence-electron chi connectivity index (χ1n) is 9.39. The second-order valence-corrected chi connectivity index (χ2v) is 9.03. The highest BCUT2D eigenvalue weighted by Crippen LogP contribution is 2.51. The van der Waals surface area contributed by atoms with Gasteiger partial charge in [-0.15, -0.1) is 0 Å². The number of carbonyl (C=O) groups is 2. The third-order valence-corrected chi connectivity index (χ3v) is 6.17. The van der Waals surface area contributed by atoms with Crippen molar-refractivity contribution in [3.05, 3.63) is 69.7 Å². The van der Waals surface area contributed by atoms with E-state index in [0.29, 0.717) is 28.6 Å². The van der Waals surface area contributed by atoms with Crippen LogP contribution in [0.5, 0.6) is 0 Å². The fourth-order valence-electron chi connectivity index (χ4n) is 4.33. The van der Waals surface area contributed by atoms with E-state index < -0.39 is 23.1 Å². The van der Waals surface area contributed by atoms with Crippen LogP contribution in [0.2, 0.25) is 10.0 Å². The van der Waals surface area contributed by atoms with Gasteiger partial charge in [0.2, 0.25) is 5.91 Å². The molecule has 1 atom stereocenters. The van der Waals surface area contributed by atoms with Crippen molar-refractivity contribution in [2.75, 3.05) is 13.1 Å². The fourth-order valence-corrected chi connectivity index (χ4v) is 4.63. The third-order valence-electron chi connectivity index (χ3n) is 5.43. The zero-order chi connectivity index (χ0) is 21.4. The van der Waals surface area contributed by atoms with Gasteiger partial charge in [0, 0.05) is 12.0 Å². The lowest BCUT2D eigenvalue weighted by atomic mass is 9.74. The normalized spacial score (nSPS) is 20.3. The summed E-state index contributed by atoms with van der Waals surface area (Å²) in [6.07, 6.45) is -0.598. The summed E-state index contributed by atoms with van der Waals surface area (Å²) in [6.45, 7) is 6.31. The van der Waals surface area contributed by atoms with Crippen LogP contribution in [0, 0.1) is 5.41 Å². The van der Waals surface area contributed by atoms with E-state index in [-0.39, 0.29) is 6.54 Å². The van der Waals surface area contributed by atoms with Gasteiger partial charge in [-0.25, -0.2) is 9.69 Å². The summed E-state index contributed by atoms with van der Waals surface area (Å²) >= 11 is 12.4. The zero-order valence-electron chi connectivity index (χ0n) is 16.7. The Kier molecular flexibility index (Phi) is 5.95. The molecule has 2 aromatic carbocycles. The van der Waals surface area contributed by atoms with Crippen molar-refractivity contribution in [1.82, 2.24) is 9.80 Å². The number of hydrogen-bond donors (Lipinski definition) is 1. The molecule has 0 bridgehead atoms. The van der Waals surface area contributed by atoms with Crippen LogP contribution in [0.15, 0.2) is 48.5 Å². The summed E-state index contributed by atoms with van der Waals surface area (Å²) in [5.74, 6) is -0.452. The van der Waals surface area contributed by atoms with E-state index in [2.05, 4.69) is 0 Å². The van der Waals surface area contributed by atoms with Crippen LogP contribution in [-0.2, 0) is 16.9 Å². The second kappa shape index (κ2) is 7.98. The molecule has 2 amide bonds. The van der Waals surface area contributed by atoms with E-state index in [1.54, 1.807) is 18.2 Å². The number of hydrogen-bond acceptors (Lipinski definition) is 3. The molecule has 2 aromatic rings. The lowest BCUT2D eigenvalue weighted by Crippen LogP contribution is -2.61. The van der Waals surface area contributed by atoms with Crippen LogP contribution in [0.25, 0.3) is 0 Å². The minimum atomic E-state index is -1.28. The Bertz CT molecular complexity index is 927. The van der Waals surface area contributed by atoms with Crippen molar-refractivity contribution in [2.45, 2.75) is 32.9 Å². The summed E-state index contributed by atoms with van der Waals surface area (Å²) in [5.41, 5.74) is -0.101. The van der Waals surface area contributed by atoms with Gasteiger partial charge in [-0.1, -0.05) is 80.4 Å². The van der Waals surface area contributed by atoms with Gasteiger partial charge in [0.25, 0.3) is 0 Å². The van der Waals surface area contributed by atoms with Crippen LogP contribution < -0.4 is 0 Å². The Morgan fingerprint density at radius 1 is 1.10 bits per heavy atom. The van der Waals surface area contributed by atoms with E-state index >= 15 is 0 Å². The zero-order valence-corrected chi connectivity index (χ0v) is 18.2. The molecule has 0 aliphatic carbocycles. The summed E-state index contributed by atoms with van der Waals surface area (Å²) in [5, 5.41) is 10.7. The van der Waals surface area contributed by atoms with Crippen LogP contribution in [0.3, 0.4) is 0 Å². The monoisotopic (exact) mass is 434 g/mol. The molecule has 3 rings (SSSR count). The molecular weight excluding hydrogens is 411 g/mol. The fraction of sp³-hybridized carbons (Fsp3) is 0.364. The highest BCUT2D eigenvalue weighted by Gasteiger charge is 2.61. The van der Waals surface area contributed by atoms with E-state index in [9.17, 15) is 14.7 Å². The predicted octanol–water partition coefficient (Wildman–Crippen LogP) is 5.26. The molecule has 1 saturated heterocycles. The van der Waals surface area contributed by atoms with Gasteiger partial charge in [0.1, 0.15) is 5.66 Å². The number of halogens is 2. The summed E-state index contributed by atoms with van der Waals surface area (Å²) < 4.78 is 0. The van der Waals surface area contributed by atoms with Crippen LogP contribution in [0.1, 0.15) is 31.9 Å². The number of amides is 2. The van der Waals surface area contributed by atoms with Gasteiger partial charge in [0.05, 0.1) is 16.6 Å². The van der Waals surface area contributed by atoms with Gasteiger partial charge in [0.15, 0.2) is 0 Å². The molecule has 7 heteroatoms. The number of carbonyl (C=O) groups excluding carboxylic acids is 1. The molecule has 0 unspecified atom stereocenters. The van der Waals surface area contributed by atoms with Gasteiger partial charge >= 0.3 is 6.09 Å². The highest BCUT2D eigenvalue weighted by atomic mass is 35.5. The first-order chi connectivity index (χ1) is 13.6. The maximum atomic E-state index is 12.9. The SMILES string of the molecule is CC(C)(C)[C@@]1(c2ccc(Cl)c(Cl)c2)N(CCc2ccccc2)CC(=O)N1C(=O)O. The molecule has 5 nitrogen and oxygen atoms in total. The highest BCUT2D eigenvalue weighted by molar-refractivity contribution is 6.42. The number of rotatable bonds is 4. The van der Waals surface area contributed by atoms with Crippen molar-refractivity contribution in [3.63, 3.8) is 0 Å². The number of nitrogens with zero attached hydrogens (tertiary/aromatic N) is 2. The van der Waals surface area contributed by atoms with Gasteiger partial charge < -0.3 is 5.11 Å². The molecule has 1 N–H and O–H groups in total. The molecule has 0 radical (unpaired) electrons. The van der Waals surface area contributed by atoms with E-state index in [1.807, 2.05) is 56.0 Å². The van der Waals surface area contributed by atoms with Gasteiger partial charge in [-0.2, -0.15) is 0 Å². The lowest BCUT2D eigenvalue weighted by Gasteiger charge is -2.51. The Hall–Kier alpha value is -2.08. The standard InChI is InChI=1S/C22H24Cl2N2O3/c1-21(2,3)22(16-9-10-17(23)18(24)13-16)25(14-19(27)26(22)20(28)29)12-11-15-7-5-4-6-8-15/h4-10,13H,11-12,14H2,1-3H3,(H,28,29)/t22-/m0/s1. The van der Waals surface area contributed by atoms with E-state index in [1.165, 1.54) is 0 Å². The van der Waals surface area contributed by atoms with Crippen molar-refractivity contribution >= 4 is 35.2 Å². The molecule has 1 aliphatic heterocycles. The van der Waals surface area contributed by atoms with Crippen LogP contribution in [0.4, 0.5) is 4.79 Å². The molecule has 0 spiro atoms. The first kappa shape index (κ1) is 21.6. The summed E-state index contributed by atoms with van der Waals surface area (Å²) in [4.78, 5) is 28.0. The first-order valence-corrected chi connectivity index (χ1v) is 10.1. The Balaban J connectivity index is 2.15. The molecule has 29 heavy (non-hydrogen) atoms. The Morgan fingerprint density at radius 3 is 2.31 bits per heavy atom. The predicted molar refractivity (Wildman–Crippen MR) is 114 cm³/mol. The average Bonchev–Trinajstić information content (AvgIpc) is 2.96. The van der Waals surface area contributed by atoms with E-state index in [4.69, 9.17) is 23.2 Å². The van der Waals surface area contributed by atoms with Crippen LogP contribution in [-0.4, -0.2) is 40.0 Å². The molecule has 0 saturated carbocycles. The summed E-state index contributed by atoms with van der Waals surface area (Å²) in [6, 6.07) is 15.0. The number of benzene rings is 2. The minimum Gasteiger partial charge on any atom is -0.465 e. The van der Waals surface area contributed by atoms with Gasteiger partial charge in [-0.3, -0.25) is 9.69 Å². The average molecular weight is 435 g/mol. The Morgan fingerprint density at radius 2 is 1.76 bits per heavy atom. The van der Waals surface area contributed by atoms with Gasteiger partial charge in [-0.05, 0) is 29.7 Å². The molecule has 0 aromatic heterocycles. The third kappa shape index (κ3) is 3.75. The molecular formula is C22H24Cl2N2O3. The van der Waals surface area contributed by atoms with Crippen molar-refractivity contribution < 1.29 is 14.7 Å². The quantitative estimate of drug-likeness (QED) is 0.712. The minimum absolute atomic E-state index is 0.0106. The second-order valence-electron chi connectivity index (χ2n) is 8.22. The molecule has 1 aliphatic rings. The van der Waals surface area contributed by atoms with Crippen molar-refractivity contribution in [3.8, 4) is 0 Å². The molecule has 1 fully saturated rings. The van der Waals surface area contributed by atoms with Crippen molar-refractivity contribution in [1.29, 1.82) is 0 Å². The summed E-state index contributed by atoms with van der Waals surface area (Å²) in [7, 11) is 0. The number of imide groups is 1. The molecule has 154 valence electrons. The van der Waals surface area contributed by atoms with Crippen LogP contribution >= 0.6 is 23.2 Å². The Labute approximate surface area is 180 Å². The van der Waals surface area contributed by atoms with Crippen molar-refractivity contribution in [2.24, 2.45) is 5.41 Å². The van der Waals surface area contributed by atoms with E-state index in [0.717, 1.165) is 10.5 Å². The molecule has 1 heterocycles. The maximum absolute atomic E-state index is 12.9. The topological polar surface area (TPSA) is 60.9 Å². The number of carboxylic acid groups (broad SMARTS) is 1. The smallest absolute Gasteiger partial charge is 0.415 e. The maximum Gasteiger partial charge on any atom is 0.415 e. The largest absolute Gasteiger partial charge is 0.465 e.